The molecule has 154 valence electrons. The standard InChI is InChI=1S/C19H39N5O.HI/c1-4-20-18(21-11-12-23(3)5-2)22-17-19(9-7-6-8-10-19)24-13-15-25-16-14-24;/h4-17H2,1-3H3,(H2,20,21,22);1H. The van der Waals surface area contributed by atoms with Crippen molar-refractivity contribution in [2.45, 2.75) is 51.5 Å². The molecule has 2 rings (SSSR count). The van der Waals surface area contributed by atoms with Crippen molar-refractivity contribution in [2.24, 2.45) is 4.99 Å². The van der Waals surface area contributed by atoms with Crippen LogP contribution in [0.15, 0.2) is 4.99 Å². The Morgan fingerprint density at radius 3 is 2.42 bits per heavy atom. The number of morpholine rings is 1. The van der Waals surface area contributed by atoms with E-state index in [0.29, 0.717) is 0 Å². The Balaban J connectivity index is 0.00000338. The van der Waals surface area contributed by atoms with E-state index in [4.69, 9.17) is 9.73 Å². The zero-order valence-corrected chi connectivity index (χ0v) is 19.4. The van der Waals surface area contributed by atoms with Gasteiger partial charge >= 0.3 is 0 Å². The van der Waals surface area contributed by atoms with E-state index < -0.39 is 0 Å². The summed E-state index contributed by atoms with van der Waals surface area (Å²) in [5, 5.41) is 6.91. The highest BCUT2D eigenvalue weighted by molar-refractivity contribution is 14.0. The summed E-state index contributed by atoms with van der Waals surface area (Å²) in [6, 6.07) is 0. The lowest BCUT2D eigenvalue weighted by atomic mass is 9.80. The Morgan fingerprint density at radius 1 is 1.12 bits per heavy atom. The number of likely N-dealkylation sites (N-methyl/N-ethyl adjacent to an activating group) is 1. The summed E-state index contributed by atoms with van der Waals surface area (Å²) in [5.74, 6) is 0.963. The Kier molecular flexibility index (Phi) is 12.1. The first-order chi connectivity index (χ1) is 12.2. The van der Waals surface area contributed by atoms with Crippen LogP contribution in [0.4, 0.5) is 0 Å². The molecule has 0 radical (unpaired) electrons. The second kappa shape index (κ2) is 13.1. The molecule has 0 bridgehead atoms. The molecular weight excluding hydrogens is 441 g/mol. The van der Waals surface area contributed by atoms with E-state index in [1.54, 1.807) is 0 Å². The summed E-state index contributed by atoms with van der Waals surface area (Å²) in [6.07, 6.45) is 6.58. The largest absolute Gasteiger partial charge is 0.379 e. The highest BCUT2D eigenvalue weighted by atomic mass is 127. The molecule has 26 heavy (non-hydrogen) atoms. The van der Waals surface area contributed by atoms with Gasteiger partial charge in [-0.15, -0.1) is 24.0 Å². The average Bonchev–Trinajstić information content (AvgIpc) is 2.67. The summed E-state index contributed by atoms with van der Waals surface area (Å²) < 4.78 is 5.58. The maximum atomic E-state index is 5.58. The zero-order valence-electron chi connectivity index (χ0n) is 17.1. The summed E-state index contributed by atoms with van der Waals surface area (Å²) in [5.41, 5.74) is 0.241. The first-order valence-electron chi connectivity index (χ1n) is 10.2. The molecule has 0 aromatic rings. The maximum Gasteiger partial charge on any atom is 0.191 e. The minimum atomic E-state index is 0. The molecule has 6 nitrogen and oxygen atoms in total. The van der Waals surface area contributed by atoms with Gasteiger partial charge in [0.25, 0.3) is 0 Å². The van der Waals surface area contributed by atoms with Gasteiger partial charge in [0.05, 0.1) is 19.8 Å². The van der Waals surface area contributed by atoms with Gasteiger partial charge in [-0.1, -0.05) is 26.2 Å². The number of ether oxygens (including phenoxy) is 1. The Hall–Kier alpha value is -0.120. The van der Waals surface area contributed by atoms with Crippen molar-refractivity contribution in [3.63, 3.8) is 0 Å². The predicted octanol–water partition coefficient (Wildman–Crippen LogP) is 2.15. The lowest BCUT2D eigenvalue weighted by Crippen LogP contribution is -2.56. The molecule has 0 atom stereocenters. The normalized spacial score (nSPS) is 21.3. The Morgan fingerprint density at radius 2 is 1.81 bits per heavy atom. The molecule has 2 aliphatic rings. The second-order valence-electron chi connectivity index (χ2n) is 7.40. The Bertz CT molecular complexity index is 395. The van der Waals surface area contributed by atoms with Crippen LogP contribution in [0.5, 0.6) is 0 Å². The van der Waals surface area contributed by atoms with E-state index in [0.717, 1.165) is 65.0 Å². The van der Waals surface area contributed by atoms with Crippen LogP contribution < -0.4 is 10.6 Å². The van der Waals surface area contributed by atoms with E-state index >= 15 is 0 Å². The molecule has 1 saturated carbocycles. The van der Waals surface area contributed by atoms with Gasteiger partial charge in [-0.3, -0.25) is 9.89 Å². The fraction of sp³-hybridized carbons (Fsp3) is 0.947. The van der Waals surface area contributed by atoms with Gasteiger partial charge in [-0.25, -0.2) is 0 Å². The molecule has 2 fully saturated rings. The minimum Gasteiger partial charge on any atom is -0.379 e. The number of nitrogens with zero attached hydrogens (tertiary/aromatic N) is 3. The van der Waals surface area contributed by atoms with E-state index in [9.17, 15) is 0 Å². The van der Waals surface area contributed by atoms with E-state index in [1.165, 1.54) is 32.1 Å². The van der Waals surface area contributed by atoms with Crippen LogP contribution in [-0.4, -0.2) is 87.4 Å². The van der Waals surface area contributed by atoms with Crippen LogP contribution in [0.2, 0.25) is 0 Å². The number of aliphatic imine (C=N–C) groups is 1. The minimum absolute atomic E-state index is 0. The van der Waals surface area contributed by atoms with Gasteiger partial charge < -0.3 is 20.3 Å². The van der Waals surface area contributed by atoms with Crippen LogP contribution in [-0.2, 0) is 4.74 Å². The lowest BCUT2D eigenvalue weighted by molar-refractivity contribution is -0.0333. The molecule has 0 unspecified atom stereocenters. The van der Waals surface area contributed by atoms with E-state index in [-0.39, 0.29) is 29.5 Å². The Labute approximate surface area is 177 Å². The number of rotatable bonds is 8. The molecule has 0 aromatic carbocycles. The number of guanidine groups is 1. The van der Waals surface area contributed by atoms with Gasteiger partial charge in [-0.05, 0) is 33.4 Å². The molecule has 7 heteroatoms. The maximum absolute atomic E-state index is 5.58. The van der Waals surface area contributed by atoms with Gasteiger partial charge in [0.1, 0.15) is 0 Å². The number of halogens is 1. The zero-order chi connectivity index (χ0) is 18.0. The molecule has 1 saturated heterocycles. The number of hydrogen-bond acceptors (Lipinski definition) is 4. The third-order valence-electron chi connectivity index (χ3n) is 5.67. The van der Waals surface area contributed by atoms with Crippen molar-refractivity contribution in [3.8, 4) is 0 Å². The molecule has 1 heterocycles. The molecule has 1 aliphatic carbocycles. The molecule has 2 N–H and O–H groups in total. The van der Waals surface area contributed by atoms with Gasteiger partial charge in [0, 0.05) is 38.3 Å². The van der Waals surface area contributed by atoms with Crippen molar-refractivity contribution in [1.29, 1.82) is 0 Å². The average molecular weight is 481 g/mol. The molecule has 1 aliphatic heterocycles. The topological polar surface area (TPSA) is 52.1 Å². The summed E-state index contributed by atoms with van der Waals surface area (Å²) in [6.45, 7) is 13.0. The summed E-state index contributed by atoms with van der Waals surface area (Å²) >= 11 is 0. The quantitative estimate of drug-likeness (QED) is 0.316. The van der Waals surface area contributed by atoms with Crippen LogP contribution in [0, 0.1) is 0 Å². The van der Waals surface area contributed by atoms with Gasteiger partial charge in [-0.2, -0.15) is 0 Å². The van der Waals surface area contributed by atoms with Crippen LogP contribution >= 0.6 is 24.0 Å². The second-order valence-corrected chi connectivity index (χ2v) is 7.40. The monoisotopic (exact) mass is 481 g/mol. The highest BCUT2D eigenvalue weighted by Gasteiger charge is 2.38. The molecule has 0 aromatic heterocycles. The molecule has 0 amide bonds. The number of hydrogen-bond donors (Lipinski definition) is 2. The molecular formula is C19H40IN5O. The van der Waals surface area contributed by atoms with Crippen molar-refractivity contribution in [1.82, 2.24) is 20.4 Å². The number of nitrogens with one attached hydrogen (secondary N) is 2. The van der Waals surface area contributed by atoms with Gasteiger partial charge in [0.2, 0.25) is 0 Å². The first-order valence-corrected chi connectivity index (χ1v) is 10.2. The van der Waals surface area contributed by atoms with Gasteiger partial charge in [0.15, 0.2) is 5.96 Å². The third kappa shape index (κ3) is 7.48. The van der Waals surface area contributed by atoms with Crippen molar-refractivity contribution in [2.75, 3.05) is 66.1 Å². The lowest BCUT2D eigenvalue weighted by Gasteiger charge is -2.47. The van der Waals surface area contributed by atoms with Crippen LogP contribution in [0.25, 0.3) is 0 Å². The first kappa shape index (κ1) is 23.9. The highest BCUT2D eigenvalue weighted by Crippen LogP contribution is 2.34. The van der Waals surface area contributed by atoms with Crippen LogP contribution in [0.3, 0.4) is 0 Å². The van der Waals surface area contributed by atoms with Crippen molar-refractivity contribution in [3.05, 3.63) is 0 Å². The predicted molar refractivity (Wildman–Crippen MR) is 121 cm³/mol. The smallest absolute Gasteiger partial charge is 0.191 e. The third-order valence-corrected chi connectivity index (χ3v) is 5.67. The van der Waals surface area contributed by atoms with E-state index in [2.05, 4.69) is 41.3 Å². The van der Waals surface area contributed by atoms with Crippen molar-refractivity contribution >= 4 is 29.9 Å². The summed E-state index contributed by atoms with van der Waals surface area (Å²) in [4.78, 5) is 9.97. The fourth-order valence-electron chi connectivity index (χ4n) is 3.91. The SMILES string of the molecule is CCNC(=NCC1(N2CCOCC2)CCCCC1)NCCN(C)CC.I. The summed E-state index contributed by atoms with van der Waals surface area (Å²) in [7, 11) is 2.15. The van der Waals surface area contributed by atoms with Crippen molar-refractivity contribution < 1.29 is 4.74 Å². The van der Waals surface area contributed by atoms with Crippen LogP contribution in [0.1, 0.15) is 46.0 Å². The van der Waals surface area contributed by atoms with E-state index in [1.807, 2.05) is 0 Å². The molecule has 0 spiro atoms. The fourth-order valence-corrected chi connectivity index (χ4v) is 3.91.